The Hall–Kier alpha value is -2.04. The Balaban J connectivity index is 2.48. The van der Waals surface area contributed by atoms with Crippen molar-refractivity contribution in [2.24, 2.45) is 0 Å². The van der Waals surface area contributed by atoms with Crippen LogP contribution in [0.25, 0.3) is 0 Å². The van der Waals surface area contributed by atoms with Crippen LogP contribution >= 0.6 is 0 Å². The summed E-state index contributed by atoms with van der Waals surface area (Å²) in [6.45, 7) is 7.99. The zero-order valence-corrected chi connectivity index (χ0v) is 15.0. The smallest absolute Gasteiger partial charge is 0.411 e. The molecule has 0 N–H and O–H groups in total. The highest BCUT2D eigenvalue weighted by atomic mass is 16.6. The van der Waals surface area contributed by atoms with Gasteiger partial charge < -0.3 is 9.47 Å². The van der Waals surface area contributed by atoms with Gasteiger partial charge in [0.2, 0.25) is 0 Å². The average molecular weight is 333 g/mol. The lowest BCUT2D eigenvalue weighted by Gasteiger charge is -2.45. The highest BCUT2D eigenvalue weighted by Gasteiger charge is 2.51. The molecule has 1 heterocycles. The first-order valence-electron chi connectivity index (χ1n) is 8.54. The Kier molecular flexibility index (Phi) is 5.52. The van der Waals surface area contributed by atoms with Crippen LogP contribution in [-0.4, -0.2) is 35.7 Å². The average Bonchev–Trinajstić information content (AvgIpc) is 2.54. The molecule has 0 bridgehead atoms. The number of rotatable bonds is 3. The topological polar surface area (TPSA) is 55.8 Å². The van der Waals surface area contributed by atoms with Gasteiger partial charge in [0, 0.05) is 6.54 Å². The predicted molar refractivity (Wildman–Crippen MR) is 91.5 cm³/mol. The van der Waals surface area contributed by atoms with Crippen LogP contribution < -0.4 is 0 Å². The number of carbonyl (C=O) groups is 2. The third-order valence-electron chi connectivity index (χ3n) is 4.11. The molecule has 1 aromatic carbocycles. The van der Waals surface area contributed by atoms with E-state index >= 15 is 0 Å². The van der Waals surface area contributed by atoms with Gasteiger partial charge in [0.1, 0.15) is 5.60 Å². The summed E-state index contributed by atoms with van der Waals surface area (Å²) in [5, 5.41) is 0. The largest absolute Gasteiger partial charge is 0.464 e. The first-order valence-corrected chi connectivity index (χ1v) is 8.54. The summed E-state index contributed by atoms with van der Waals surface area (Å²) in [4.78, 5) is 27.3. The summed E-state index contributed by atoms with van der Waals surface area (Å²) in [6, 6.07) is 9.39. The highest BCUT2D eigenvalue weighted by Crippen LogP contribution is 2.40. The number of carbonyl (C=O) groups excluding carboxylic acids is 2. The minimum absolute atomic E-state index is 0.273. The quantitative estimate of drug-likeness (QED) is 0.788. The molecule has 24 heavy (non-hydrogen) atoms. The molecule has 1 aromatic rings. The summed E-state index contributed by atoms with van der Waals surface area (Å²) in [5.41, 5.74) is -0.960. The lowest BCUT2D eigenvalue weighted by atomic mass is 9.80. The van der Waals surface area contributed by atoms with E-state index in [1.807, 2.05) is 51.1 Å². The van der Waals surface area contributed by atoms with E-state index in [9.17, 15) is 9.59 Å². The van der Waals surface area contributed by atoms with Gasteiger partial charge >= 0.3 is 12.1 Å². The Morgan fingerprint density at radius 2 is 1.83 bits per heavy atom. The van der Waals surface area contributed by atoms with Crippen LogP contribution in [0.1, 0.15) is 52.5 Å². The number of amides is 1. The van der Waals surface area contributed by atoms with Crippen LogP contribution in [0.15, 0.2) is 30.3 Å². The van der Waals surface area contributed by atoms with Crippen molar-refractivity contribution in [1.82, 2.24) is 4.90 Å². The van der Waals surface area contributed by atoms with Gasteiger partial charge in [-0.3, -0.25) is 4.90 Å². The normalized spacial score (nSPS) is 21.2. The monoisotopic (exact) mass is 333 g/mol. The maximum atomic E-state index is 12.9. The Morgan fingerprint density at radius 1 is 1.17 bits per heavy atom. The maximum Gasteiger partial charge on any atom is 0.411 e. The number of esters is 1. The standard InChI is InChI=1S/C19H27NO4/c1-5-23-16(21)19(15-11-7-6-8-12-15)13-9-10-14-20(19)17(22)24-18(2,3)4/h6-8,11-12H,5,9-10,13-14H2,1-4H3/t19-/m1/s1. The number of ether oxygens (including phenoxy) is 2. The fraction of sp³-hybridized carbons (Fsp3) is 0.579. The fourth-order valence-electron chi connectivity index (χ4n) is 3.14. The molecule has 0 aliphatic carbocycles. The minimum atomic E-state index is -1.11. The molecule has 1 saturated heterocycles. The molecule has 1 amide bonds. The lowest BCUT2D eigenvalue weighted by molar-refractivity contribution is -0.161. The van der Waals surface area contributed by atoms with Gasteiger partial charge in [-0.05, 0) is 52.5 Å². The SMILES string of the molecule is CCOC(=O)[C@]1(c2ccccc2)CCCCN1C(=O)OC(C)(C)C. The van der Waals surface area contributed by atoms with Crippen molar-refractivity contribution in [3.05, 3.63) is 35.9 Å². The van der Waals surface area contributed by atoms with E-state index in [-0.39, 0.29) is 12.6 Å². The molecule has 2 rings (SSSR count). The highest BCUT2D eigenvalue weighted by molar-refractivity contribution is 5.87. The number of likely N-dealkylation sites (tertiary alicyclic amines) is 1. The van der Waals surface area contributed by atoms with Crippen molar-refractivity contribution in [3.8, 4) is 0 Å². The van der Waals surface area contributed by atoms with E-state index in [2.05, 4.69) is 0 Å². The summed E-state index contributed by atoms with van der Waals surface area (Å²) in [5.74, 6) is -0.387. The van der Waals surface area contributed by atoms with E-state index in [0.717, 1.165) is 18.4 Å². The van der Waals surface area contributed by atoms with Gasteiger partial charge in [-0.2, -0.15) is 0 Å². The molecule has 1 aliphatic heterocycles. The second-order valence-electron chi connectivity index (χ2n) is 7.04. The first-order chi connectivity index (χ1) is 11.3. The van der Waals surface area contributed by atoms with E-state index in [0.29, 0.717) is 13.0 Å². The van der Waals surface area contributed by atoms with Crippen LogP contribution in [0.2, 0.25) is 0 Å². The Bertz CT molecular complexity index is 579. The molecular weight excluding hydrogens is 306 g/mol. The van der Waals surface area contributed by atoms with Gasteiger partial charge in [0.25, 0.3) is 0 Å². The minimum Gasteiger partial charge on any atom is -0.464 e. The van der Waals surface area contributed by atoms with Gasteiger partial charge in [0.15, 0.2) is 5.54 Å². The van der Waals surface area contributed by atoms with Gasteiger partial charge in [-0.25, -0.2) is 9.59 Å². The summed E-state index contributed by atoms with van der Waals surface area (Å²) in [7, 11) is 0. The van der Waals surface area contributed by atoms with E-state index in [1.165, 1.54) is 0 Å². The second kappa shape index (κ2) is 7.24. The van der Waals surface area contributed by atoms with Crippen LogP contribution in [0.5, 0.6) is 0 Å². The fourth-order valence-corrected chi connectivity index (χ4v) is 3.14. The van der Waals surface area contributed by atoms with Crippen molar-refractivity contribution in [2.45, 2.75) is 58.1 Å². The van der Waals surface area contributed by atoms with Crippen LogP contribution in [-0.2, 0) is 19.8 Å². The molecule has 0 unspecified atom stereocenters. The molecule has 0 saturated carbocycles. The molecule has 1 aliphatic rings. The zero-order chi connectivity index (χ0) is 17.8. The molecule has 1 fully saturated rings. The lowest BCUT2D eigenvalue weighted by Crippen LogP contribution is -2.58. The molecule has 132 valence electrons. The zero-order valence-electron chi connectivity index (χ0n) is 15.0. The van der Waals surface area contributed by atoms with Crippen LogP contribution in [0, 0.1) is 0 Å². The predicted octanol–water partition coefficient (Wildman–Crippen LogP) is 3.87. The Labute approximate surface area is 143 Å². The molecule has 0 aromatic heterocycles. The van der Waals surface area contributed by atoms with Crippen molar-refractivity contribution in [3.63, 3.8) is 0 Å². The third-order valence-corrected chi connectivity index (χ3v) is 4.11. The molecule has 1 atom stereocenters. The maximum absolute atomic E-state index is 12.9. The van der Waals surface area contributed by atoms with Crippen LogP contribution in [0.3, 0.4) is 0 Å². The Morgan fingerprint density at radius 3 is 2.42 bits per heavy atom. The van der Waals surface area contributed by atoms with Crippen molar-refractivity contribution < 1.29 is 19.1 Å². The third kappa shape index (κ3) is 3.71. The second-order valence-corrected chi connectivity index (χ2v) is 7.04. The van der Waals surface area contributed by atoms with Gasteiger partial charge in [-0.1, -0.05) is 30.3 Å². The summed E-state index contributed by atoms with van der Waals surface area (Å²) < 4.78 is 10.9. The molecule has 0 radical (unpaired) electrons. The molecular formula is C19H27NO4. The van der Waals surface area contributed by atoms with Crippen LogP contribution in [0.4, 0.5) is 4.79 Å². The molecule has 5 heteroatoms. The van der Waals surface area contributed by atoms with E-state index < -0.39 is 17.2 Å². The van der Waals surface area contributed by atoms with Crippen molar-refractivity contribution in [1.29, 1.82) is 0 Å². The number of hydrogen-bond acceptors (Lipinski definition) is 4. The van der Waals surface area contributed by atoms with E-state index in [1.54, 1.807) is 11.8 Å². The molecule has 0 spiro atoms. The van der Waals surface area contributed by atoms with Crippen molar-refractivity contribution >= 4 is 12.1 Å². The molecule has 5 nitrogen and oxygen atoms in total. The summed E-state index contributed by atoms with van der Waals surface area (Å²) >= 11 is 0. The summed E-state index contributed by atoms with van der Waals surface area (Å²) in [6.07, 6.45) is 1.76. The van der Waals surface area contributed by atoms with Crippen molar-refractivity contribution in [2.75, 3.05) is 13.2 Å². The number of benzene rings is 1. The van der Waals surface area contributed by atoms with Gasteiger partial charge in [-0.15, -0.1) is 0 Å². The first kappa shape index (κ1) is 18.3. The number of piperidine rings is 1. The van der Waals surface area contributed by atoms with Gasteiger partial charge in [0.05, 0.1) is 6.61 Å². The number of hydrogen-bond donors (Lipinski definition) is 0. The number of nitrogens with zero attached hydrogens (tertiary/aromatic N) is 1. The van der Waals surface area contributed by atoms with E-state index in [4.69, 9.17) is 9.47 Å².